The van der Waals surface area contributed by atoms with E-state index in [0.29, 0.717) is 19.5 Å². The predicted molar refractivity (Wildman–Crippen MR) is 128 cm³/mol. The molecule has 1 amide bonds. The fourth-order valence-corrected chi connectivity index (χ4v) is 4.09. The van der Waals surface area contributed by atoms with Gasteiger partial charge in [-0.05, 0) is 35.2 Å². The average molecular weight is 436 g/mol. The van der Waals surface area contributed by atoms with Gasteiger partial charge >= 0.3 is 0 Å². The van der Waals surface area contributed by atoms with Crippen LogP contribution in [0.25, 0.3) is 0 Å². The lowest BCUT2D eigenvalue weighted by Crippen LogP contribution is -2.36. The van der Waals surface area contributed by atoms with Crippen molar-refractivity contribution in [1.82, 2.24) is 15.5 Å². The van der Waals surface area contributed by atoms with Gasteiger partial charge in [-0.25, -0.2) is 0 Å². The van der Waals surface area contributed by atoms with E-state index in [9.17, 15) is 4.79 Å². The van der Waals surface area contributed by atoms with Crippen LogP contribution in [0.3, 0.4) is 0 Å². The minimum absolute atomic E-state index is 0.217. The maximum absolute atomic E-state index is 11.9. The molecule has 7 heteroatoms. The van der Waals surface area contributed by atoms with Gasteiger partial charge in [-0.15, -0.1) is 0 Å². The van der Waals surface area contributed by atoms with Gasteiger partial charge in [-0.2, -0.15) is 0 Å². The summed E-state index contributed by atoms with van der Waals surface area (Å²) >= 11 is 0. The van der Waals surface area contributed by atoms with Gasteiger partial charge in [0.05, 0.1) is 13.2 Å². The monoisotopic (exact) mass is 435 g/mol. The van der Waals surface area contributed by atoms with Gasteiger partial charge in [0.2, 0.25) is 5.91 Å². The van der Waals surface area contributed by atoms with Crippen molar-refractivity contribution in [2.24, 2.45) is 4.99 Å². The van der Waals surface area contributed by atoms with Gasteiger partial charge in [0.25, 0.3) is 0 Å². The number of carbonyl (C=O) groups is 1. The summed E-state index contributed by atoms with van der Waals surface area (Å²) in [4.78, 5) is 20.5. The van der Waals surface area contributed by atoms with E-state index < -0.39 is 0 Å². The third kappa shape index (κ3) is 6.08. The Morgan fingerprint density at radius 3 is 2.06 bits per heavy atom. The van der Waals surface area contributed by atoms with Crippen LogP contribution in [0, 0.1) is 0 Å². The Bertz CT molecular complexity index is 905. The number of nitrogens with one attached hydrogen (secondary N) is 2. The van der Waals surface area contributed by atoms with Crippen LogP contribution in [-0.2, 0) is 29.2 Å². The van der Waals surface area contributed by atoms with E-state index in [-0.39, 0.29) is 5.91 Å². The summed E-state index contributed by atoms with van der Waals surface area (Å²) in [6.07, 6.45) is 1.60. The van der Waals surface area contributed by atoms with Crippen molar-refractivity contribution in [1.29, 1.82) is 0 Å². The number of hydrogen-bond acceptors (Lipinski definition) is 4. The highest BCUT2D eigenvalue weighted by Crippen LogP contribution is 2.21. The first-order chi connectivity index (χ1) is 15.7. The van der Waals surface area contributed by atoms with E-state index >= 15 is 0 Å². The van der Waals surface area contributed by atoms with Crippen molar-refractivity contribution < 1.29 is 9.53 Å². The predicted octanol–water partition coefficient (Wildman–Crippen LogP) is 2.51. The van der Waals surface area contributed by atoms with Gasteiger partial charge in [0.15, 0.2) is 5.96 Å². The summed E-state index contributed by atoms with van der Waals surface area (Å²) in [5.74, 6) is 0.982. The maximum Gasteiger partial charge on any atom is 0.227 e. The maximum atomic E-state index is 11.9. The molecule has 2 heterocycles. The second-order valence-corrected chi connectivity index (χ2v) is 8.30. The molecule has 2 aliphatic heterocycles. The first kappa shape index (κ1) is 22.3. The Hall–Kier alpha value is -2.90. The summed E-state index contributed by atoms with van der Waals surface area (Å²) in [6, 6.07) is 16.9. The number of carbonyl (C=O) groups excluding carboxylic acids is 1. The Kier molecular flexibility index (Phi) is 7.74. The van der Waals surface area contributed by atoms with E-state index in [1.807, 2.05) is 17.0 Å². The number of nitrogens with zero attached hydrogens (tertiary/aromatic N) is 3. The van der Waals surface area contributed by atoms with Gasteiger partial charge < -0.3 is 20.3 Å². The van der Waals surface area contributed by atoms with Crippen LogP contribution in [0.2, 0.25) is 0 Å². The molecule has 2 aliphatic rings. The van der Waals surface area contributed by atoms with E-state index in [0.717, 1.165) is 63.0 Å². The molecule has 0 saturated carbocycles. The zero-order chi connectivity index (χ0) is 22.2. The van der Waals surface area contributed by atoms with Crippen molar-refractivity contribution in [2.75, 3.05) is 44.8 Å². The summed E-state index contributed by atoms with van der Waals surface area (Å²) in [7, 11) is 1.78. The van der Waals surface area contributed by atoms with Gasteiger partial charge in [0.1, 0.15) is 0 Å². The zero-order valence-corrected chi connectivity index (χ0v) is 18.8. The number of guanidine groups is 1. The second kappa shape index (κ2) is 11.1. The highest BCUT2D eigenvalue weighted by Gasteiger charge is 2.21. The number of rotatable bonds is 7. The lowest BCUT2D eigenvalue weighted by atomic mass is 10.1. The molecule has 170 valence electrons. The minimum Gasteiger partial charge on any atom is -0.379 e. The van der Waals surface area contributed by atoms with Crippen molar-refractivity contribution in [2.45, 2.75) is 32.5 Å². The molecular weight excluding hydrogens is 402 g/mol. The van der Waals surface area contributed by atoms with Crippen LogP contribution in [-0.4, -0.2) is 56.7 Å². The van der Waals surface area contributed by atoms with Crippen molar-refractivity contribution >= 4 is 17.6 Å². The van der Waals surface area contributed by atoms with E-state index in [2.05, 4.69) is 56.9 Å². The molecule has 2 fully saturated rings. The van der Waals surface area contributed by atoms with Gasteiger partial charge in [-0.3, -0.25) is 14.7 Å². The summed E-state index contributed by atoms with van der Waals surface area (Å²) in [6.45, 7) is 6.85. The van der Waals surface area contributed by atoms with Crippen LogP contribution < -0.4 is 15.5 Å². The molecule has 2 saturated heterocycles. The largest absolute Gasteiger partial charge is 0.379 e. The third-order valence-corrected chi connectivity index (χ3v) is 6.00. The fraction of sp³-hybridized carbons (Fsp3) is 0.440. The highest BCUT2D eigenvalue weighted by molar-refractivity contribution is 5.95. The van der Waals surface area contributed by atoms with Crippen LogP contribution >= 0.6 is 0 Å². The molecule has 4 rings (SSSR count). The molecule has 0 aromatic heterocycles. The van der Waals surface area contributed by atoms with Crippen LogP contribution in [0.4, 0.5) is 5.69 Å². The normalized spacial score (nSPS) is 17.6. The Balaban J connectivity index is 1.22. The Morgan fingerprint density at radius 2 is 1.50 bits per heavy atom. The van der Waals surface area contributed by atoms with Crippen LogP contribution in [0.15, 0.2) is 53.5 Å². The van der Waals surface area contributed by atoms with Gasteiger partial charge in [0, 0.05) is 58.4 Å². The molecule has 0 unspecified atom stereocenters. The lowest BCUT2D eigenvalue weighted by Gasteiger charge is -2.26. The smallest absolute Gasteiger partial charge is 0.227 e. The summed E-state index contributed by atoms with van der Waals surface area (Å²) in [5, 5.41) is 6.74. The highest BCUT2D eigenvalue weighted by atomic mass is 16.5. The fourth-order valence-electron chi connectivity index (χ4n) is 4.09. The number of benzene rings is 2. The number of morpholine rings is 1. The Morgan fingerprint density at radius 1 is 0.906 bits per heavy atom. The minimum atomic E-state index is 0.217. The molecule has 32 heavy (non-hydrogen) atoms. The number of amides is 1. The SMILES string of the molecule is CN=C(NCc1ccc(CN2CCOCC2)cc1)NCc1ccc(N2CCCC2=O)cc1. The quantitative estimate of drug-likeness (QED) is 0.517. The standard InChI is InChI=1S/C25H33N5O2/c1-26-25(28-18-21-8-10-23(11-9-21)30-12-2-3-24(30)31)27-17-20-4-6-22(7-5-20)19-29-13-15-32-16-14-29/h4-11H,2-3,12-19H2,1H3,(H2,26,27,28). The summed E-state index contributed by atoms with van der Waals surface area (Å²) < 4.78 is 5.42. The van der Waals surface area contributed by atoms with Crippen molar-refractivity contribution in [3.63, 3.8) is 0 Å². The average Bonchev–Trinajstić information content (AvgIpc) is 3.27. The first-order valence-electron chi connectivity index (χ1n) is 11.4. The van der Waals surface area contributed by atoms with E-state index in [4.69, 9.17) is 4.74 Å². The van der Waals surface area contributed by atoms with Crippen LogP contribution in [0.1, 0.15) is 29.5 Å². The number of anilines is 1. The van der Waals surface area contributed by atoms with Crippen LogP contribution in [0.5, 0.6) is 0 Å². The molecule has 2 aromatic carbocycles. The number of aliphatic imine (C=N–C) groups is 1. The van der Waals surface area contributed by atoms with E-state index in [1.54, 1.807) is 7.05 Å². The molecular formula is C25H33N5O2. The van der Waals surface area contributed by atoms with Crippen molar-refractivity contribution in [3.05, 3.63) is 65.2 Å². The Labute approximate surface area is 190 Å². The molecule has 0 bridgehead atoms. The topological polar surface area (TPSA) is 69.2 Å². The number of hydrogen-bond donors (Lipinski definition) is 2. The summed E-state index contributed by atoms with van der Waals surface area (Å²) in [5.41, 5.74) is 4.68. The molecule has 2 aromatic rings. The lowest BCUT2D eigenvalue weighted by molar-refractivity contribution is -0.117. The van der Waals surface area contributed by atoms with E-state index in [1.165, 1.54) is 11.1 Å². The molecule has 0 atom stereocenters. The van der Waals surface area contributed by atoms with Crippen molar-refractivity contribution in [3.8, 4) is 0 Å². The first-order valence-corrected chi connectivity index (χ1v) is 11.4. The zero-order valence-electron chi connectivity index (χ0n) is 18.8. The molecule has 0 spiro atoms. The molecule has 0 radical (unpaired) electrons. The third-order valence-electron chi connectivity index (χ3n) is 6.00. The molecule has 0 aliphatic carbocycles. The number of ether oxygens (including phenoxy) is 1. The molecule has 7 nitrogen and oxygen atoms in total. The molecule has 2 N–H and O–H groups in total. The van der Waals surface area contributed by atoms with Gasteiger partial charge in [-0.1, -0.05) is 36.4 Å². The second-order valence-electron chi connectivity index (χ2n) is 8.30.